The zero-order valence-electron chi connectivity index (χ0n) is 10.9. The molecular weight excluding hydrogens is 246 g/mol. The van der Waals surface area contributed by atoms with Crippen molar-refractivity contribution in [2.24, 2.45) is 5.92 Å². The predicted octanol–water partition coefficient (Wildman–Crippen LogP) is 1.42. The number of H-pyrrole nitrogens is 1. The fraction of sp³-hybridized carbons (Fsp3) is 0.385. The number of aliphatic hydroxyl groups excluding tert-OH is 1. The Hall–Kier alpha value is -2.08. The molecule has 6 heteroatoms. The van der Waals surface area contributed by atoms with Gasteiger partial charge in [-0.2, -0.15) is 5.10 Å². The number of aliphatic hydroxyl groups is 1. The van der Waals surface area contributed by atoms with Gasteiger partial charge < -0.3 is 14.8 Å². The molecule has 0 spiro atoms. The van der Waals surface area contributed by atoms with Crippen molar-refractivity contribution < 1.29 is 14.3 Å². The normalized spacial score (nSPS) is 12.6. The molecule has 2 aromatic heterocycles. The van der Waals surface area contributed by atoms with Crippen LogP contribution < -0.4 is 5.32 Å². The molecule has 19 heavy (non-hydrogen) atoms. The lowest BCUT2D eigenvalue weighted by Gasteiger charge is -2.18. The summed E-state index contributed by atoms with van der Waals surface area (Å²) in [6.45, 7) is 3.76. The van der Waals surface area contributed by atoms with Crippen LogP contribution in [-0.2, 0) is 0 Å². The number of hydrogen-bond donors (Lipinski definition) is 3. The molecule has 0 saturated carbocycles. The number of nitrogens with zero attached hydrogens (tertiary/aromatic N) is 1. The van der Waals surface area contributed by atoms with Crippen molar-refractivity contribution in [2.75, 3.05) is 6.61 Å². The number of nitrogens with one attached hydrogen (secondary N) is 2. The molecular formula is C13H17N3O3. The lowest BCUT2D eigenvalue weighted by Crippen LogP contribution is -2.41. The van der Waals surface area contributed by atoms with Gasteiger partial charge in [0.1, 0.15) is 5.69 Å². The summed E-state index contributed by atoms with van der Waals surface area (Å²) in [6, 6.07) is 4.87. The van der Waals surface area contributed by atoms with Gasteiger partial charge in [-0.3, -0.25) is 9.89 Å². The number of aromatic nitrogens is 2. The molecule has 102 valence electrons. The summed E-state index contributed by atoms with van der Waals surface area (Å²) >= 11 is 0. The molecule has 6 nitrogen and oxygen atoms in total. The number of aromatic amines is 1. The number of furan rings is 1. The number of carbonyl (C=O) groups is 1. The Morgan fingerprint density at radius 3 is 2.95 bits per heavy atom. The van der Waals surface area contributed by atoms with Crippen LogP contribution in [0.2, 0.25) is 0 Å². The first kappa shape index (κ1) is 13.4. The van der Waals surface area contributed by atoms with Crippen molar-refractivity contribution in [3.05, 3.63) is 30.2 Å². The van der Waals surface area contributed by atoms with E-state index in [1.807, 2.05) is 13.8 Å². The molecule has 0 bridgehead atoms. The van der Waals surface area contributed by atoms with Gasteiger partial charge in [0, 0.05) is 6.07 Å². The van der Waals surface area contributed by atoms with E-state index in [0.29, 0.717) is 11.5 Å². The van der Waals surface area contributed by atoms with Crippen molar-refractivity contribution in [1.82, 2.24) is 15.5 Å². The van der Waals surface area contributed by atoms with E-state index in [1.54, 1.807) is 24.5 Å². The monoisotopic (exact) mass is 263 g/mol. The maximum absolute atomic E-state index is 12.0. The third kappa shape index (κ3) is 3.03. The summed E-state index contributed by atoms with van der Waals surface area (Å²) in [4.78, 5) is 12.0. The third-order valence-corrected chi connectivity index (χ3v) is 2.92. The van der Waals surface area contributed by atoms with Crippen LogP contribution in [0.3, 0.4) is 0 Å². The first-order valence-corrected chi connectivity index (χ1v) is 6.13. The Labute approximate surface area is 110 Å². The van der Waals surface area contributed by atoms with Gasteiger partial charge in [0.25, 0.3) is 5.91 Å². The van der Waals surface area contributed by atoms with Crippen LogP contribution in [-0.4, -0.2) is 33.9 Å². The van der Waals surface area contributed by atoms with Crippen LogP contribution in [0.5, 0.6) is 0 Å². The Kier molecular flexibility index (Phi) is 4.01. The zero-order valence-corrected chi connectivity index (χ0v) is 10.9. The molecule has 0 aromatic carbocycles. The van der Waals surface area contributed by atoms with Gasteiger partial charge in [-0.15, -0.1) is 0 Å². The van der Waals surface area contributed by atoms with Crippen LogP contribution in [0.4, 0.5) is 0 Å². The quantitative estimate of drug-likeness (QED) is 0.760. The number of carbonyl (C=O) groups excluding carboxylic acids is 1. The van der Waals surface area contributed by atoms with Gasteiger partial charge in [-0.25, -0.2) is 0 Å². The topological polar surface area (TPSA) is 91.1 Å². The lowest BCUT2D eigenvalue weighted by atomic mass is 10.1. The lowest BCUT2D eigenvalue weighted by molar-refractivity contribution is 0.0892. The summed E-state index contributed by atoms with van der Waals surface area (Å²) < 4.78 is 5.21. The second-order valence-electron chi connectivity index (χ2n) is 4.65. The average molecular weight is 263 g/mol. The van der Waals surface area contributed by atoms with Gasteiger partial charge in [0.2, 0.25) is 0 Å². The van der Waals surface area contributed by atoms with E-state index in [4.69, 9.17) is 4.42 Å². The fourth-order valence-corrected chi connectivity index (χ4v) is 1.66. The molecule has 1 amide bonds. The van der Waals surface area contributed by atoms with Crippen molar-refractivity contribution in [3.63, 3.8) is 0 Å². The van der Waals surface area contributed by atoms with E-state index in [9.17, 15) is 9.90 Å². The van der Waals surface area contributed by atoms with Crippen molar-refractivity contribution >= 4 is 5.91 Å². The highest BCUT2D eigenvalue weighted by Gasteiger charge is 2.18. The van der Waals surface area contributed by atoms with E-state index in [0.717, 1.165) is 0 Å². The highest BCUT2D eigenvalue weighted by molar-refractivity contribution is 5.93. The first-order chi connectivity index (χ1) is 9.11. The van der Waals surface area contributed by atoms with Crippen molar-refractivity contribution in [3.8, 4) is 11.5 Å². The van der Waals surface area contributed by atoms with E-state index in [-0.39, 0.29) is 30.2 Å². The molecule has 0 saturated heterocycles. The SMILES string of the molecule is CC(C)C(CO)NC(=O)c1cc(-c2ccco2)[nH]n1. The smallest absolute Gasteiger partial charge is 0.272 e. The Morgan fingerprint density at radius 2 is 2.37 bits per heavy atom. The van der Waals surface area contributed by atoms with Gasteiger partial charge in [-0.05, 0) is 18.1 Å². The van der Waals surface area contributed by atoms with Crippen LogP contribution in [0.25, 0.3) is 11.5 Å². The highest BCUT2D eigenvalue weighted by atomic mass is 16.3. The summed E-state index contributed by atoms with van der Waals surface area (Å²) in [5.74, 6) is 0.452. The third-order valence-electron chi connectivity index (χ3n) is 2.92. The van der Waals surface area contributed by atoms with Gasteiger partial charge in [0.05, 0.1) is 18.9 Å². The van der Waals surface area contributed by atoms with Gasteiger partial charge in [-0.1, -0.05) is 13.8 Å². The number of hydrogen-bond acceptors (Lipinski definition) is 4. The molecule has 0 aliphatic carbocycles. The van der Waals surface area contributed by atoms with Crippen molar-refractivity contribution in [2.45, 2.75) is 19.9 Å². The fourth-order valence-electron chi connectivity index (χ4n) is 1.66. The molecule has 2 rings (SSSR count). The minimum atomic E-state index is -0.318. The Morgan fingerprint density at radius 1 is 1.58 bits per heavy atom. The summed E-state index contributed by atoms with van der Waals surface area (Å²) in [5.41, 5.74) is 0.908. The van der Waals surface area contributed by atoms with Gasteiger partial charge >= 0.3 is 0 Å². The van der Waals surface area contributed by atoms with Crippen LogP contribution >= 0.6 is 0 Å². The molecule has 1 unspecified atom stereocenters. The summed E-state index contributed by atoms with van der Waals surface area (Å²) in [5, 5.41) is 18.6. The van der Waals surface area contributed by atoms with E-state index < -0.39 is 0 Å². The average Bonchev–Trinajstić information content (AvgIpc) is 3.04. The predicted molar refractivity (Wildman–Crippen MR) is 69.5 cm³/mol. The molecule has 0 fully saturated rings. The minimum Gasteiger partial charge on any atom is -0.463 e. The molecule has 0 radical (unpaired) electrons. The molecule has 0 aliphatic heterocycles. The van der Waals surface area contributed by atoms with E-state index in [1.165, 1.54) is 0 Å². The van der Waals surface area contributed by atoms with E-state index in [2.05, 4.69) is 15.5 Å². The second kappa shape index (κ2) is 5.71. The standard InChI is InChI=1S/C13H17N3O3/c1-8(2)11(7-17)14-13(18)10-6-9(15-16-10)12-4-3-5-19-12/h3-6,8,11,17H,7H2,1-2H3,(H,14,18)(H,15,16). The largest absolute Gasteiger partial charge is 0.463 e. The van der Waals surface area contributed by atoms with Crippen molar-refractivity contribution in [1.29, 1.82) is 0 Å². The Balaban J connectivity index is 2.08. The van der Waals surface area contributed by atoms with E-state index >= 15 is 0 Å². The van der Waals surface area contributed by atoms with Gasteiger partial charge in [0.15, 0.2) is 11.5 Å². The second-order valence-corrected chi connectivity index (χ2v) is 4.65. The first-order valence-electron chi connectivity index (χ1n) is 6.13. The molecule has 1 atom stereocenters. The Bertz CT molecular complexity index is 531. The molecule has 3 N–H and O–H groups in total. The maximum atomic E-state index is 12.0. The maximum Gasteiger partial charge on any atom is 0.272 e. The van der Waals surface area contributed by atoms with Crippen LogP contribution in [0.15, 0.2) is 28.9 Å². The van der Waals surface area contributed by atoms with Crippen LogP contribution in [0, 0.1) is 5.92 Å². The summed E-state index contributed by atoms with van der Waals surface area (Å²) in [6.07, 6.45) is 1.55. The summed E-state index contributed by atoms with van der Waals surface area (Å²) in [7, 11) is 0. The zero-order chi connectivity index (χ0) is 13.8. The molecule has 2 aromatic rings. The molecule has 2 heterocycles. The minimum absolute atomic E-state index is 0.0983. The highest BCUT2D eigenvalue weighted by Crippen LogP contribution is 2.17. The van der Waals surface area contributed by atoms with Crippen LogP contribution in [0.1, 0.15) is 24.3 Å². The number of amides is 1. The number of rotatable bonds is 5. The molecule has 0 aliphatic rings.